The van der Waals surface area contributed by atoms with Crippen molar-refractivity contribution in [3.63, 3.8) is 0 Å². The summed E-state index contributed by atoms with van der Waals surface area (Å²) in [5, 5.41) is 8.98. The van der Waals surface area contributed by atoms with E-state index in [2.05, 4.69) is 0 Å². The van der Waals surface area contributed by atoms with Crippen LogP contribution < -0.4 is 5.73 Å². The molecular formula is C5H11NO2. The maximum atomic E-state index is 8.98. The monoisotopic (exact) mass is 117 g/mol. The number of rotatable bonds is 1. The lowest BCUT2D eigenvalue weighted by molar-refractivity contribution is 0.119. The molecule has 2 atom stereocenters. The van der Waals surface area contributed by atoms with Gasteiger partial charge in [0.25, 0.3) is 0 Å². The second-order valence-electron chi connectivity index (χ2n) is 2.10. The molecule has 0 radical (unpaired) electrons. The van der Waals surface area contributed by atoms with Crippen LogP contribution in [0.4, 0.5) is 0 Å². The van der Waals surface area contributed by atoms with Gasteiger partial charge in [-0.25, -0.2) is 0 Å². The fourth-order valence-corrected chi connectivity index (χ4v) is 0.812. The molecule has 8 heavy (non-hydrogen) atoms. The maximum Gasteiger partial charge on any atom is 0.0835 e. The summed E-state index contributed by atoms with van der Waals surface area (Å²) in [6.45, 7) is 1.61. The third-order valence-corrected chi connectivity index (χ3v) is 1.47. The van der Waals surface area contributed by atoms with Crippen LogP contribution >= 0.6 is 0 Å². The Morgan fingerprint density at radius 1 is 1.62 bits per heavy atom. The first-order chi connectivity index (χ1) is 3.84. The Bertz CT molecular complexity index is 76.8. The van der Waals surface area contributed by atoms with E-state index < -0.39 is 0 Å². The minimum atomic E-state index is -0.319. The van der Waals surface area contributed by atoms with Crippen LogP contribution in [0.15, 0.2) is 0 Å². The number of aliphatic hydroxyl groups excluding tert-OH is 1. The Kier molecular flexibility index (Phi) is 1.83. The molecule has 1 aliphatic rings. The van der Waals surface area contributed by atoms with Crippen molar-refractivity contribution in [3.05, 3.63) is 0 Å². The van der Waals surface area contributed by atoms with Gasteiger partial charge in [0.1, 0.15) is 0 Å². The van der Waals surface area contributed by atoms with E-state index in [4.69, 9.17) is 15.6 Å². The molecule has 48 valence electrons. The Hall–Kier alpha value is -0.120. The smallest absolute Gasteiger partial charge is 0.0835 e. The van der Waals surface area contributed by atoms with E-state index in [0.717, 1.165) is 0 Å². The van der Waals surface area contributed by atoms with Crippen LogP contribution in [0.3, 0.4) is 0 Å². The highest BCUT2D eigenvalue weighted by atomic mass is 16.5. The highest BCUT2D eigenvalue weighted by Gasteiger charge is 2.23. The minimum absolute atomic E-state index is 0.176. The lowest BCUT2D eigenvalue weighted by Crippen LogP contribution is -2.25. The molecule has 0 saturated carbocycles. The molecule has 1 heterocycles. The lowest BCUT2D eigenvalue weighted by Gasteiger charge is -2.06. The third kappa shape index (κ3) is 0.992. The number of aliphatic hydroxyl groups is 1. The van der Waals surface area contributed by atoms with E-state index in [1.54, 1.807) is 0 Å². The zero-order valence-corrected chi connectivity index (χ0v) is 4.71. The van der Waals surface area contributed by atoms with Gasteiger partial charge in [0.2, 0.25) is 0 Å². The van der Waals surface area contributed by atoms with Gasteiger partial charge in [-0.15, -0.1) is 0 Å². The number of hydrogen-bond acceptors (Lipinski definition) is 3. The number of hydrogen-bond donors (Lipinski definition) is 2. The van der Waals surface area contributed by atoms with Gasteiger partial charge >= 0.3 is 0 Å². The minimum Gasteiger partial charge on any atom is -0.390 e. The van der Waals surface area contributed by atoms with E-state index in [1.807, 2.05) is 0 Å². The molecule has 1 saturated heterocycles. The standard InChI is InChI=1S/C5H11NO2/c6-1-4-2-8-3-5(4)7/h4-5,7H,1-3,6H2. The van der Waals surface area contributed by atoms with Crippen molar-refractivity contribution in [1.82, 2.24) is 0 Å². The van der Waals surface area contributed by atoms with Crippen molar-refractivity contribution in [2.75, 3.05) is 19.8 Å². The number of nitrogens with two attached hydrogens (primary N) is 1. The van der Waals surface area contributed by atoms with Gasteiger partial charge in [-0.2, -0.15) is 0 Å². The van der Waals surface area contributed by atoms with E-state index in [0.29, 0.717) is 19.8 Å². The van der Waals surface area contributed by atoms with Crippen LogP contribution in [0.2, 0.25) is 0 Å². The molecule has 0 aromatic rings. The first kappa shape index (κ1) is 6.01. The topological polar surface area (TPSA) is 55.5 Å². The van der Waals surface area contributed by atoms with Crippen molar-refractivity contribution in [3.8, 4) is 0 Å². The predicted molar refractivity (Wildman–Crippen MR) is 29.4 cm³/mol. The summed E-state index contributed by atoms with van der Waals surface area (Å²) in [6, 6.07) is 0. The summed E-state index contributed by atoms with van der Waals surface area (Å²) in [5.74, 6) is 0.176. The molecular weight excluding hydrogens is 106 g/mol. The van der Waals surface area contributed by atoms with Crippen molar-refractivity contribution in [1.29, 1.82) is 0 Å². The van der Waals surface area contributed by atoms with Gasteiger partial charge in [-0.05, 0) is 6.54 Å². The summed E-state index contributed by atoms with van der Waals surface area (Å²) in [5.41, 5.74) is 5.28. The van der Waals surface area contributed by atoms with Crippen molar-refractivity contribution >= 4 is 0 Å². The fourth-order valence-electron chi connectivity index (χ4n) is 0.812. The molecule has 0 bridgehead atoms. The molecule has 0 aliphatic carbocycles. The average molecular weight is 117 g/mol. The van der Waals surface area contributed by atoms with E-state index in [9.17, 15) is 0 Å². The third-order valence-electron chi connectivity index (χ3n) is 1.47. The van der Waals surface area contributed by atoms with Gasteiger partial charge in [0.05, 0.1) is 19.3 Å². The second kappa shape index (κ2) is 2.44. The second-order valence-corrected chi connectivity index (χ2v) is 2.10. The Labute approximate surface area is 48.4 Å². The maximum absolute atomic E-state index is 8.98. The van der Waals surface area contributed by atoms with Gasteiger partial charge in [0, 0.05) is 5.92 Å². The molecule has 3 N–H and O–H groups in total. The first-order valence-electron chi connectivity index (χ1n) is 2.80. The van der Waals surface area contributed by atoms with Crippen molar-refractivity contribution in [2.24, 2.45) is 11.7 Å². The highest BCUT2D eigenvalue weighted by Crippen LogP contribution is 2.10. The molecule has 2 unspecified atom stereocenters. The zero-order chi connectivity index (χ0) is 5.98. The molecule has 0 aromatic heterocycles. The SMILES string of the molecule is NCC1COCC1O. The Balaban J connectivity index is 2.30. The Morgan fingerprint density at radius 3 is 2.62 bits per heavy atom. The molecule has 3 heteroatoms. The molecule has 3 nitrogen and oxygen atoms in total. The largest absolute Gasteiger partial charge is 0.390 e. The lowest BCUT2D eigenvalue weighted by atomic mass is 10.1. The van der Waals surface area contributed by atoms with Gasteiger partial charge < -0.3 is 15.6 Å². The zero-order valence-electron chi connectivity index (χ0n) is 4.71. The molecule has 1 rings (SSSR count). The quantitative estimate of drug-likeness (QED) is 0.461. The van der Waals surface area contributed by atoms with E-state index in [1.165, 1.54) is 0 Å². The summed E-state index contributed by atoms with van der Waals surface area (Å²) >= 11 is 0. The van der Waals surface area contributed by atoms with Crippen LogP contribution in [0.5, 0.6) is 0 Å². The predicted octanol–water partition coefficient (Wildman–Crippen LogP) is -1.05. The molecule has 0 aromatic carbocycles. The summed E-state index contributed by atoms with van der Waals surface area (Å²) in [6.07, 6.45) is -0.319. The van der Waals surface area contributed by atoms with Crippen LogP contribution in [-0.2, 0) is 4.74 Å². The number of ether oxygens (including phenoxy) is 1. The summed E-state index contributed by atoms with van der Waals surface area (Å²) in [4.78, 5) is 0. The molecule has 0 spiro atoms. The van der Waals surface area contributed by atoms with Crippen LogP contribution in [-0.4, -0.2) is 31.0 Å². The first-order valence-corrected chi connectivity index (χ1v) is 2.80. The molecule has 1 aliphatic heterocycles. The highest BCUT2D eigenvalue weighted by molar-refractivity contribution is 4.73. The van der Waals surface area contributed by atoms with Crippen LogP contribution in [0.25, 0.3) is 0 Å². The fraction of sp³-hybridized carbons (Fsp3) is 1.00. The molecule has 0 amide bonds. The average Bonchev–Trinajstić information content (AvgIpc) is 2.14. The van der Waals surface area contributed by atoms with E-state index in [-0.39, 0.29) is 12.0 Å². The van der Waals surface area contributed by atoms with Crippen molar-refractivity contribution < 1.29 is 9.84 Å². The summed E-state index contributed by atoms with van der Waals surface area (Å²) in [7, 11) is 0. The normalized spacial score (nSPS) is 38.2. The van der Waals surface area contributed by atoms with Crippen LogP contribution in [0.1, 0.15) is 0 Å². The summed E-state index contributed by atoms with van der Waals surface area (Å²) < 4.78 is 4.93. The van der Waals surface area contributed by atoms with Crippen molar-refractivity contribution in [2.45, 2.75) is 6.10 Å². The van der Waals surface area contributed by atoms with Gasteiger partial charge in [-0.3, -0.25) is 0 Å². The Morgan fingerprint density at radius 2 is 2.38 bits per heavy atom. The van der Waals surface area contributed by atoms with Gasteiger partial charge in [0.15, 0.2) is 0 Å². The van der Waals surface area contributed by atoms with E-state index >= 15 is 0 Å². The van der Waals surface area contributed by atoms with Gasteiger partial charge in [-0.1, -0.05) is 0 Å². The van der Waals surface area contributed by atoms with Crippen LogP contribution in [0, 0.1) is 5.92 Å². The molecule has 1 fully saturated rings.